The van der Waals surface area contributed by atoms with Crippen molar-refractivity contribution in [2.45, 2.75) is 52.4 Å². The Bertz CT molecular complexity index is 1180. The van der Waals surface area contributed by atoms with Gasteiger partial charge in [0.05, 0.1) is 17.7 Å². The zero-order valence-corrected chi connectivity index (χ0v) is 19.1. The molecule has 0 radical (unpaired) electrons. The Morgan fingerprint density at radius 1 is 1.00 bits per heavy atom. The van der Waals surface area contributed by atoms with Gasteiger partial charge in [0.25, 0.3) is 11.5 Å². The number of amides is 1. The summed E-state index contributed by atoms with van der Waals surface area (Å²) in [4.78, 5) is 40.0. The fourth-order valence-corrected chi connectivity index (χ4v) is 3.61. The van der Waals surface area contributed by atoms with E-state index in [9.17, 15) is 19.5 Å². The number of aromatic amines is 1. The van der Waals surface area contributed by atoms with Crippen molar-refractivity contribution >= 4 is 28.5 Å². The van der Waals surface area contributed by atoms with Gasteiger partial charge in [0, 0.05) is 11.1 Å². The SMILES string of the molecule is CCCCCCc1ccc2c(O)c(C(=O)Nc3ccc(C(=O)OCCC)cc3)c(=O)[nH]c2c1. The van der Waals surface area contributed by atoms with E-state index in [1.807, 2.05) is 19.1 Å². The number of nitrogens with one attached hydrogen (secondary N) is 2. The number of hydrogen-bond donors (Lipinski definition) is 3. The van der Waals surface area contributed by atoms with Gasteiger partial charge in [-0.1, -0.05) is 39.2 Å². The summed E-state index contributed by atoms with van der Waals surface area (Å²) in [7, 11) is 0. The Labute approximate surface area is 192 Å². The smallest absolute Gasteiger partial charge is 0.338 e. The van der Waals surface area contributed by atoms with Crippen molar-refractivity contribution in [1.29, 1.82) is 0 Å². The fraction of sp³-hybridized carbons (Fsp3) is 0.346. The average molecular weight is 451 g/mol. The molecule has 3 rings (SSSR count). The predicted octanol–water partition coefficient (Wildman–Crippen LogP) is 5.18. The lowest BCUT2D eigenvalue weighted by molar-refractivity contribution is 0.0505. The number of aromatic hydroxyl groups is 1. The van der Waals surface area contributed by atoms with Gasteiger partial charge in [-0.15, -0.1) is 0 Å². The first-order chi connectivity index (χ1) is 15.9. The maximum Gasteiger partial charge on any atom is 0.338 e. The van der Waals surface area contributed by atoms with Crippen molar-refractivity contribution in [3.05, 3.63) is 69.5 Å². The van der Waals surface area contributed by atoms with E-state index < -0.39 is 17.4 Å². The number of unbranched alkanes of at least 4 members (excludes halogenated alkanes) is 3. The molecule has 7 heteroatoms. The highest BCUT2D eigenvalue weighted by Crippen LogP contribution is 2.27. The molecule has 1 amide bonds. The van der Waals surface area contributed by atoms with Crippen LogP contribution in [0.15, 0.2) is 47.3 Å². The van der Waals surface area contributed by atoms with Gasteiger partial charge >= 0.3 is 5.97 Å². The van der Waals surface area contributed by atoms with Gasteiger partial charge in [-0.25, -0.2) is 4.79 Å². The minimum absolute atomic E-state index is 0.335. The van der Waals surface area contributed by atoms with Gasteiger partial charge in [0.1, 0.15) is 11.3 Å². The van der Waals surface area contributed by atoms with Crippen molar-refractivity contribution in [3.63, 3.8) is 0 Å². The standard InChI is InChI=1S/C26H30N2O5/c1-3-5-6-7-8-17-9-14-20-21(16-17)28-25(31)22(23(20)29)24(30)27-19-12-10-18(11-13-19)26(32)33-15-4-2/h9-14,16H,3-8,15H2,1-2H3,(H,27,30)(H2,28,29,31). The molecule has 174 valence electrons. The topological polar surface area (TPSA) is 108 Å². The third kappa shape index (κ3) is 6.00. The predicted molar refractivity (Wildman–Crippen MR) is 129 cm³/mol. The first kappa shape index (κ1) is 24.0. The summed E-state index contributed by atoms with van der Waals surface area (Å²) in [5.74, 6) is -1.53. The van der Waals surface area contributed by atoms with Crippen LogP contribution in [-0.4, -0.2) is 28.6 Å². The van der Waals surface area contributed by atoms with Crippen LogP contribution < -0.4 is 10.9 Å². The van der Waals surface area contributed by atoms with E-state index >= 15 is 0 Å². The van der Waals surface area contributed by atoms with Gasteiger partial charge in [-0.3, -0.25) is 9.59 Å². The van der Waals surface area contributed by atoms with Crippen LogP contribution in [-0.2, 0) is 11.2 Å². The number of aryl methyl sites for hydroxylation is 1. The average Bonchev–Trinajstić information content (AvgIpc) is 2.80. The molecular formula is C26H30N2O5. The quantitative estimate of drug-likeness (QED) is 0.291. The van der Waals surface area contributed by atoms with Crippen LogP contribution in [0.4, 0.5) is 5.69 Å². The van der Waals surface area contributed by atoms with E-state index in [1.54, 1.807) is 6.07 Å². The Hall–Kier alpha value is -3.61. The molecule has 0 fully saturated rings. The van der Waals surface area contributed by atoms with Crippen LogP contribution in [0, 0.1) is 0 Å². The van der Waals surface area contributed by atoms with Gasteiger partial charge in [-0.2, -0.15) is 0 Å². The molecule has 0 aliphatic carbocycles. The number of aromatic nitrogens is 1. The first-order valence-electron chi connectivity index (χ1n) is 11.4. The lowest BCUT2D eigenvalue weighted by atomic mass is 10.0. The second kappa shape index (κ2) is 11.3. The molecule has 0 atom stereocenters. The van der Waals surface area contributed by atoms with Crippen LogP contribution in [0.3, 0.4) is 0 Å². The van der Waals surface area contributed by atoms with E-state index in [2.05, 4.69) is 17.2 Å². The second-order valence-corrected chi connectivity index (χ2v) is 8.04. The Balaban J connectivity index is 1.76. The van der Waals surface area contributed by atoms with Gasteiger partial charge < -0.3 is 20.1 Å². The van der Waals surface area contributed by atoms with Crippen molar-refractivity contribution in [2.24, 2.45) is 0 Å². The summed E-state index contributed by atoms with van der Waals surface area (Å²) in [6, 6.07) is 11.6. The molecule has 3 N–H and O–H groups in total. The lowest BCUT2D eigenvalue weighted by Gasteiger charge is -2.10. The van der Waals surface area contributed by atoms with Gasteiger partial charge in [0.2, 0.25) is 0 Å². The molecule has 1 aromatic heterocycles. The lowest BCUT2D eigenvalue weighted by Crippen LogP contribution is -2.23. The minimum atomic E-state index is -0.736. The molecule has 1 heterocycles. The number of benzene rings is 2. The number of carbonyl (C=O) groups is 2. The highest BCUT2D eigenvalue weighted by atomic mass is 16.5. The van der Waals surface area contributed by atoms with E-state index in [1.165, 1.54) is 37.1 Å². The largest absolute Gasteiger partial charge is 0.506 e. The van der Waals surface area contributed by atoms with Crippen LogP contribution in [0.1, 0.15) is 72.2 Å². The molecule has 0 saturated carbocycles. The number of carbonyl (C=O) groups excluding carboxylic acids is 2. The Morgan fingerprint density at radius 2 is 1.76 bits per heavy atom. The number of pyridine rings is 1. The molecule has 0 aliphatic rings. The Kier molecular flexibility index (Phi) is 8.24. The van der Waals surface area contributed by atoms with E-state index in [0.29, 0.717) is 28.8 Å². The zero-order valence-electron chi connectivity index (χ0n) is 19.1. The summed E-state index contributed by atoms with van der Waals surface area (Å²) >= 11 is 0. The van der Waals surface area contributed by atoms with Crippen molar-refractivity contribution in [1.82, 2.24) is 4.98 Å². The maximum absolute atomic E-state index is 12.7. The van der Waals surface area contributed by atoms with E-state index in [0.717, 1.165) is 31.2 Å². The van der Waals surface area contributed by atoms with Crippen molar-refractivity contribution in [2.75, 3.05) is 11.9 Å². The number of rotatable bonds is 10. The van der Waals surface area contributed by atoms with Crippen LogP contribution in [0.2, 0.25) is 0 Å². The van der Waals surface area contributed by atoms with Crippen molar-refractivity contribution in [3.8, 4) is 5.75 Å². The van der Waals surface area contributed by atoms with Crippen LogP contribution >= 0.6 is 0 Å². The normalized spacial score (nSPS) is 10.8. The highest BCUT2D eigenvalue weighted by molar-refractivity contribution is 6.09. The molecule has 33 heavy (non-hydrogen) atoms. The number of ether oxygens (including phenoxy) is 1. The van der Waals surface area contributed by atoms with Crippen molar-refractivity contribution < 1.29 is 19.4 Å². The van der Waals surface area contributed by atoms with E-state index in [4.69, 9.17) is 4.74 Å². The number of anilines is 1. The first-order valence-corrected chi connectivity index (χ1v) is 11.4. The van der Waals surface area contributed by atoms with Crippen LogP contribution in [0.5, 0.6) is 5.75 Å². The Morgan fingerprint density at radius 3 is 2.45 bits per heavy atom. The third-order valence-corrected chi connectivity index (χ3v) is 5.41. The number of H-pyrrole nitrogens is 1. The molecule has 0 aliphatic heterocycles. The molecule has 2 aromatic carbocycles. The fourth-order valence-electron chi connectivity index (χ4n) is 3.61. The monoisotopic (exact) mass is 450 g/mol. The second-order valence-electron chi connectivity index (χ2n) is 8.04. The zero-order chi connectivity index (χ0) is 23.8. The van der Waals surface area contributed by atoms with E-state index in [-0.39, 0.29) is 11.3 Å². The third-order valence-electron chi connectivity index (χ3n) is 5.41. The summed E-state index contributed by atoms with van der Waals surface area (Å²) in [6.07, 6.45) is 6.18. The number of esters is 1. The molecule has 0 unspecified atom stereocenters. The molecular weight excluding hydrogens is 420 g/mol. The summed E-state index contributed by atoms with van der Waals surface area (Å²) in [5.41, 5.74) is 1.29. The molecule has 0 saturated heterocycles. The molecule has 3 aromatic rings. The number of fused-ring (bicyclic) bond motifs is 1. The van der Waals surface area contributed by atoms with Gasteiger partial charge in [-0.05, 0) is 61.2 Å². The molecule has 0 spiro atoms. The minimum Gasteiger partial charge on any atom is -0.506 e. The summed E-state index contributed by atoms with van der Waals surface area (Å²) in [6.45, 7) is 4.40. The highest BCUT2D eigenvalue weighted by Gasteiger charge is 2.20. The summed E-state index contributed by atoms with van der Waals surface area (Å²) < 4.78 is 5.08. The summed E-state index contributed by atoms with van der Waals surface area (Å²) in [5, 5.41) is 13.7. The molecule has 7 nitrogen and oxygen atoms in total. The van der Waals surface area contributed by atoms with Crippen LogP contribution in [0.25, 0.3) is 10.9 Å². The van der Waals surface area contributed by atoms with Gasteiger partial charge in [0.15, 0.2) is 0 Å². The maximum atomic E-state index is 12.7. The molecule has 0 bridgehead atoms. The number of hydrogen-bond acceptors (Lipinski definition) is 5.